The molecule has 104 valence electrons. The van der Waals surface area contributed by atoms with Crippen molar-refractivity contribution in [1.29, 1.82) is 0 Å². The highest BCUT2D eigenvalue weighted by atomic mass is 35.5. The number of fused-ring (bicyclic) bond motifs is 1. The van der Waals surface area contributed by atoms with Crippen molar-refractivity contribution in [1.82, 2.24) is 10.2 Å². The molecule has 3 rings (SSSR count). The Morgan fingerprint density at radius 1 is 1.06 bits per heavy atom. The lowest BCUT2D eigenvalue weighted by atomic mass is 10.0. The zero-order valence-corrected chi connectivity index (χ0v) is 12.6. The normalized spacial score (nSPS) is 38.9. The van der Waals surface area contributed by atoms with Gasteiger partial charge in [0.15, 0.2) is 0 Å². The number of rotatable bonds is 2. The van der Waals surface area contributed by atoms with Gasteiger partial charge in [-0.15, -0.1) is 12.4 Å². The van der Waals surface area contributed by atoms with Crippen molar-refractivity contribution in [2.24, 2.45) is 22.7 Å². The lowest BCUT2D eigenvalue weighted by molar-refractivity contribution is -0.115. The van der Waals surface area contributed by atoms with E-state index in [9.17, 15) is 4.79 Å². The molecule has 0 aromatic rings. The fraction of sp³-hybridized carbons (Fsp3) is 0.929. The molecule has 2 atom stereocenters. The summed E-state index contributed by atoms with van der Waals surface area (Å²) in [5.41, 5.74) is -0.00796. The Labute approximate surface area is 116 Å². The van der Waals surface area contributed by atoms with Crippen LogP contribution in [0.1, 0.15) is 27.7 Å². The lowest BCUT2D eigenvalue weighted by Gasteiger charge is -2.28. The summed E-state index contributed by atoms with van der Waals surface area (Å²) in [5, 5.41) is 3.46. The third-order valence-corrected chi connectivity index (χ3v) is 6.46. The van der Waals surface area contributed by atoms with Crippen LogP contribution in [0.2, 0.25) is 0 Å². The molecule has 3 fully saturated rings. The average molecular weight is 273 g/mol. The van der Waals surface area contributed by atoms with Gasteiger partial charge >= 0.3 is 0 Å². The molecule has 2 saturated heterocycles. The van der Waals surface area contributed by atoms with E-state index in [1.165, 1.54) is 6.29 Å². The van der Waals surface area contributed by atoms with Crippen LogP contribution in [0.4, 0.5) is 0 Å². The van der Waals surface area contributed by atoms with E-state index in [2.05, 4.69) is 37.9 Å². The predicted octanol–water partition coefficient (Wildman–Crippen LogP) is 1.56. The topological polar surface area (TPSA) is 32.3 Å². The molecule has 0 aromatic carbocycles. The monoisotopic (exact) mass is 272 g/mol. The van der Waals surface area contributed by atoms with Crippen LogP contribution in [-0.4, -0.2) is 42.9 Å². The van der Waals surface area contributed by atoms with Gasteiger partial charge in [-0.3, -0.25) is 4.90 Å². The molecule has 18 heavy (non-hydrogen) atoms. The standard InChI is InChI=1S/C14H24N2O.ClH/c1-12(2)13(3,4)14(12,9-17)16-7-10-5-15-6-11(10)8-16;/h9-11,15H,5-8H2,1-4H3;1H. The number of hydrogen-bond donors (Lipinski definition) is 1. The molecular formula is C14H25ClN2O. The van der Waals surface area contributed by atoms with Crippen molar-refractivity contribution in [2.45, 2.75) is 33.2 Å². The molecule has 3 aliphatic rings. The summed E-state index contributed by atoms with van der Waals surface area (Å²) in [7, 11) is 0. The second-order valence-corrected chi connectivity index (χ2v) is 7.22. The number of hydrogen-bond acceptors (Lipinski definition) is 3. The number of nitrogens with zero attached hydrogens (tertiary/aromatic N) is 1. The van der Waals surface area contributed by atoms with Gasteiger partial charge in [-0.25, -0.2) is 0 Å². The Morgan fingerprint density at radius 3 is 1.83 bits per heavy atom. The zero-order chi connectivity index (χ0) is 12.5. The molecule has 0 bridgehead atoms. The van der Waals surface area contributed by atoms with Crippen LogP contribution in [0.3, 0.4) is 0 Å². The summed E-state index contributed by atoms with van der Waals surface area (Å²) >= 11 is 0. The van der Waals surface area contributed by atoms with Crippen molar-refractivity contribution in [2.75, 3.05) is 26.2 Å². The van der Waals surface area contributed by atoms with Crippen molar-refractivity contribution in [3.05, 3.63) is 0 Å². The first-order valence-electron chi connectivity index (χ1n) is 6.80. The minimum atomic E-state index is -0.218. The summed E-state index contributed by atoms with van der Waals surface area (Å²) in [6.07, 6.45) is 1.24. The zero-order valence-electron chi connectivity index (χ0n) is 11.8. The van der Waals surface area contributed by atoms with E-state index in [-0.39, 0.29) is 28.8 Å². The van der Waals surface area contributed by atoms with E-state index in [4.69, 9.17) is 0 Å². The van der Waals surface area contributed by atoms with E-state index >= 15 is 0 Å². The smallest absolute Gasteiger partial charge is 0.141 e. The number of carbonyl (C=O) groups excluding carboxylic acids is 1. The fourth-order valence-corrected chi connectivity index (χ4v) is 4.63. The summed E-state index contributed by atoms with van der Waals surface area (Å²) in [6.45, 7) is 13.4. The van der Waals surface area contributed by atoms with Crippen molar-refractivity contribution in [3.63, 3.8) is 0 Å². The maximum absolute atomic E-state index is 11.8. The quantitative estimate of drug-likeness (QED) is 0.775. The molecular weight excluding hydrogens is 248 g/mol. The number of likely N-dealkylation sites (tertiary alicyclic amines) is 1. The third kappa shape index (κ3) is 1.31. The number of aldehydes is 1. The molecule has 1 N–H and O–H groups in total. The number of nitrogens with one attached hydrogen (secondary N) is 1. The van der Waals surface area contributed by atoms with Crippen LogP contribution in [0.25, 0.3) is 0 Å². The van der Waals surface area contributed by atoms with Crippen molar-refractivity contribution in [3.8, 4) is 0 Å². The highest BCUT2D eigenvalue weighted by Crippen LogP contribution is 2.73. The third-order valence-electron chi connectivity index (χ3n) is 6.46. The van der Waals surface area contributed by atoms with E-state index in [1.54, 1.807) is 0 Å². The van der Waals surface area contributed by atoms with Gasteiger partial charge in [-0.2, -0.15) is 0 Å². The van der Waals surface area contributed by atoms with Crippen LogP contribution in [0, 0.1) is 22.7 Å². The molecule has 1 aliphatic carbocycles. The minimum Gasteiger partial charge on any atom is -0.316 e. The Hall–Kier alpha value is -0.120. The fourth-order valence-electron chi connectivity index (χ4n) is 4.63. The van der Waals surface area contributed by atoms with Crippen LogP contribution >= 0.6 is 12.4 Å². The Kier molecular flexibility index (Phi) is 3.13. The first-order valence-corrected chi connectivity index (χ1v) is 6.80. The Morgan fingerprint density at radius 2 is 1.50 bits per heavy atom. The van der Waals surface area contributed by atoms with Gasteiger partial charge in [0, 0.05) is 13.1 Å². The number of halogens is 1. The predicted molar refractivity (Wildman–Crippen MR) is 75.0 cm³/mol. The average Bonchev–Trinajstić information content (AvgIpc) is 2.69. The molecule has 1 saturated carbocycles. The highest BCUT2D eigenvalue weighted by Gasteiger charge is 2.80. The molecule has 2 aliphatic heterocycles. The summed E-state index contributed by atoms with van der Waals surface area (Å²) in [4.78, 5) is 14.3. The number of carbonyl (C=O) groups is 1. The van der Waals surface area contributed by atoms with Gasteiger partial charge in [0.2, 0.25) is 0 Å². The van der Waals surface area contributed by atoms with Gasteiger partial charge in [0.05, 0.1) is 5.54 Å². The summed E-state index contributed by atoms with van der Waals surface area (Å²) in [5.74, 6) is 1.53. The SMILES string of the molecule is CC1(C)C(C)(C)C1(C=O)N1CC2CNCC2C1.Cl. The lowest BCUT2D eigenvalue weighted by Crippen LogP contribution is -2.44. The minimum absolute atomic E-state index is 0. The van der Waals surface area contributed by atoms with E-state index in [0.29, 0.717) is 0 Å². The van der Waals surface area contributed by atoms with Crippen LogP contribution < -0.4 is 5.32 Å². The Bertz CT molecular complexity index is 341. The molecule has 2 unspecified atom stereocenters. The van der Waals surface area contributed by atoms with Gasteiger partial charge in [0.25, 0.3) is 0 Å². The maximum atomic E-state index is 11.8. The van der Waals surface area contributed by atoms with Crippen LogP contribution in [0.15, 0.2) is 0 Å². The molecule has 0 spiro atoms. The van der Waals surface area contributed by atoms with Crippen LogP contribution in [-0.2, 0) is 4.79 Å². The summed E-state index contributed by atoms with van der Waals surface area (Å²) < 4.78 is 0. The first kappa shape index (κ1) is 14.3. The van der Waals surface area contributed by atoms with Gasteiger partial charge in [-0.1, -0.05) is 27.7 Å². The van der Waals surface area contributed by atoms with E-state index in [1.807, 2.05) is 0 Å². The molecule has 3 nitrogen and oxygen atoms in total. The first-order chi connectivity index (χ1) is 7.88. The van der Waals surface area contributed by atoms with E-state index in [0.717, 1.165) is 38.0 Å². The van der Waals surface area contributed by atoms with Crippen LogP contribution in [0.5, 0.6) is 0 Å². The second kappa shape index (κ2) is 3.94. The molecule has 2 heterocycles. The highest BCUT2D eigenvalue weighted by molar-refractivity contribution is 5.85. The van der Waals surface area contributed by atoms with Gasteiger partial charge < -0.3 is 10.1 Å². The van der Waals surface area contributed by atoms with Crippen molar-refractivity contribution < 1.29 is 4.79 Å². The molecule has 0 radical (unpaired) electrons. The molecule has 0 amide bonds. The largest absolute Gasteiger partial charge is 0.316 e. The van der Waals surface area contributed by atoms with Gasteiger partial charge in [0.1, 0.15) is 6.29 Å². The van der Waals surface area contributed by atoms with Gasteiger partial charge in [-0.05, 0) is 35.8 Å². The maximum Gasteiger partial charge on any atom is 0.141 e. The van der Waals surface area contributed by atoms with Crippen molar-refractivity contribution >= 4 is 18.7 Å². The molecule has 0 aromatic heterocycles. The summed E-state index contributed by atoms with van der Waals surface area (Å²) in [6, 6.07) is 0. The second-order valence-electron chi connectivity index (χ2n) is 7.22. The van der Waals surface area contributed by atoms with E-state index < -0.39 is 0 Å². The Balaban J connectivity index is 0.00000120. The molecule has 4 heteroatoms.